The van der Waals surface area contributed by atoms with Gasteiger partial charge in [-0.2, -0.15) is 0 Å². The molecule has 0 saturated carbocycles. The molecule has 13 heavy (non-hydrogen) atoms. The van der Waals surface area contributed by atoms with Gasteiger partial charge in [-0.15, -0.1) is 11.3 Å². The zero-order valence-corrected chi connectivity index (χ0v) is 8.66. The Morgan fingerprint density at radius 3 is 3.15 bits per heavy atom. The van der Waals surface area contributed by atoms with E-state index >= 15 is 0 Å². The minimum atomic E-state index is -0.218. The third-order valence-electron chi connectivity index (χ3n) is 2.56. The number of aliphatic hydroxyl groups is 1. The third kappa shape index (κ3) is 1.71. The second kappa shape index (κ2) is 3.68. The zero-order valence-electron chi connectivity index (χ0n) is 7.84. The monoisotopic (exact) mass is 197 g/mol. The molecule has 1 unspecified atom stereocenters. The molecule has 1 atom stereocenters. The fourth-order valence-corrected chi connectivity index (χ4v) is 2.91. The van der Waals surface area contributed by atoms with Crippen LogP contribution in [-0.4, -0.2) is 12.2 Å². The van der Waals surface area contributed by atoms with Crippen LogP contribution in [0.15, 0.2) is 6.07 Å². The first-order valence-corrected chi connectivity index (χ1v) is 5.61. The molecule has 2 nitrogen and oxygen atoms in total. The predicted octanol–water partition coefficient (Wildman–Crippen LogP) is 2.55. The van der Waals surface area contributed by atoms with Crippen LogP contribution in [0.5, 0.6) is 0 Å². The standard InChI is InChI=1S/C10H15NOS/c1-11-9-6-7-4-2-3-5-8(12)10(7)13-9/h6,8,11-12H,2-5H2,1H3. The van der Waals surface area contributed by atoms with Gasteiger partial charge in [0, 0.05) is 11.9 Å². The van der Waals surface area contributed by atoms with E-state index in [4.69, 9.17) is 0 Å². The molecule has 0 spiro atoms. The molecule has 72 valence electrons. The van der Waals surface area contributed by atoms with Crippen molar-refractivity contribution >= 4 is 16.3 Å². The highest BCUT2D eigenvalue weighted by Crippen LogP contribution is 2.37. The lowest BCUT2D eigenvalue weighted by Gasteiger charge is -2.05. The first-order valence-electron chi connectivity index (χ1n) is 4.79. The minimum absolute atomic E-state index is 0.218. The van der Waals surface area contributed by atoms with E-state index in [0.29, 0.717) is 0 Å². The Morgan fingerprint density at radius 2 is 2.38 bits per heavy atom. The van der Waals surface area contributed by atoms with Crippen molar-refractivity contribution in [3.8, 4) is 0 Å². The summed E-state index contributed by atoms with van der Waals surface area (Å²) in [7, 11) is 1.93. The van der Waals surface area contributed by atoms with Crippen molar-refractivity contribution < 1.29 is 5.11 Å². The van der Waals surface area contributed by atoms with Crippen LogP contribution >= 0.6 is 11.3 Å². The molecule has 1 aliphatic rings. The number of fused-ring (bicyclic) bond motifs is 1. The van der Waals surface area contributed by atoms with Crippen LogP contribution < -0.4 is 5.32 Å². The lowest BCUT2D eigenvalue weighted by atomic mass is 10.1. The highest BCUT2D eigenvalue weighted by Gasteiger charge is 2.18. The van der Waals surface area contributed by atoms with Crippen LogP contribution in [-0.2, 0) is 6.42 Å². The van der Waals surface area contributed by atoms with Crippen LogP contribution in [0.2, 0.25) is 0 Å². The lowest BCUT2D eigenvalue weighted by Crippen LogP contribution is -1.92. The van der Waals surface area contributed by atoms with Crippen molar-refractivity contribution in [1.29, 1.82) is 0 Å². The van der Waals surface area contributed by atoms with Gasteiger partial charge in [-0.25, -0.2) is 0 Å². The molecule has 0 fully saturated rings. The van der Waals surface area contributed by atoms with Crippen molar-refractivity contribution in [3.63, 3.8) is 0 Å². The molecule has 1 heterocycles. The second-order valence-corrected chi connectivity index (χ2v) is 4.60. The van der Waals surface area contributed by atoms with Crippen LogP contribution in [0.4, 0.5) is 5.00 Å². The van der Waals surface area contributed by atoms with Crippen LogP contribution in [0.3, 0.4) is 0 Å². The molecule has 0 aromatic carbocycles. The fourth-order valence-electron chi connectivity index (χ4n) is 1.83. The average molecular weight is 197 g/mol. The normalized spacial score (nSPS) is 22.2. The number of aryl methyl sites for hydroxylation is 1. The number of rotatable bonds is 1. The van der Waals surface area contributed by atoms with E-state index in [1.165, 1.54) is 21.9 Å². The highest BCUT2D eigenvalue weighted by atomic mass is 32.1. The van der Waals surface area contributed by atoms with Gasteiger partial charge in [-0.1, -0.05) is 6.42 Å². The van der Waals surface area contributed by atoms with Gasteiger partial charge in [0.2, 0.25) is 0 Å². The Bertz CT molecular complexity index is 295. The number of hydrogen-bond acceptors (Lipinski definition) is 3. The van der Waals surface area contributed by atoms with Gasteiger partial charge < -0.3 is 10.4 Å². The average Bonchev–Trinajstić information content (AvgIpc) is 2.48. The predicted molar refractivity (Wildman–Crippen MR) is 56.4 cm³/mol. The molecule has 0 saturated heterocycles. The molecule has 0 aliphatic heterocycles. The number of thiophene rings is 1. The summed E-state index contributed by atoms with van der Waals surface area (Å²) >= 11 is 1.70. The second-order valence-electron chi connectivity index (χ2n) is 3.51. The van der Waals surface area contributed by atoms with Gasteiger partial charge in [0.25, 0.3) is 0 Å². The Balaban J connectivity index is 2.33. The van der Waals surface area contributed by atoms with E-state index in [1.807, 2.05) is 7.05 Å². The van der Waals surface area contributed by atoms with E-state index in [9.17, 15) is 5.11 Å². The Labute approximate surface area is 82.6 Å². The van der Waals surface area contributed by atoms with Crippen LogP contribution in [0, 0.1) is 0 Å². The lowest BCUT2D eigenvalue weighted by molar-refractivity contribution is 0.170. The molecule has 1 aliphatic carbocycles. The summed E-state index contributed by atoms with van der Waals surface area (Å²) in [5.41, 5.74) is 1.35. The summed E-state index contributed by atoms with van der Waals surface area (Å²) < 4.78 is 0. The molecular weight excluding hydrogens is 182 g/mol. The molecule has 3 heteroatoms. The van der Waals surface area contributed by atoms with E-state index < -0.39 is 0 Å². The maximum atomic E-state index is 9.83. The third-order valence-corrected chi connectivity index (χ3v) is 3.86. The smallest absolute Gasteiger partial charge is 0.0886 e. The molecule has 2 rings (SSSR count). The van der Waals surface area contributed by atoms with Gasteiger partial charge in [0.05, 0.1) is 11.1 Å². The van der Waals surface area contributed by atoms with Crippen molar-refractivity contribution in [3.05, 3.63) is 16.5 Å². The van der Waals surface area contributed by atoms with Gasteiger partial charge >= 0.3 is 0 Å². The Morgan fingerprint density at radius 1 is 1.54 bits per heavy atom. The molecular formula is C10H15NOS. The van der Waals surface area contributed by atoms with Crippen molar-refractivity contribution in [1.82, 2.24) is 0 Å². The first kappa shape index (κ1) is 9.03. The van der Waals surface area contributed by atoms with E-state index in [2.05, 4.69) is 11.4 Å². The Kier molecular flexibility index (Phi) is 2.56. The molecule has 0 bridgehead atoms. The van der Waals surface area contributed by atoms with Crippen molar-refractivity contribution in [2.45, 2.75) is 31.8 Å². The summed E-state index contributed by atoms with van der Waals surface area (Å²) in [6, 6.07) is 2.18. The quantitative estimate of drug-likeness (QED) is 0.678. The summed E-state index contributed by atoms with van der Waals surface area (Å²) in [4.78, 5) is 1.18. The van der Waals surface area contributed by atoms with Gasteiger partial charge in [-0.3, -0.25) is 0 Å². The van der Waals surface area contributed by atoms with Crippen molar-refractivity contribution in [2.24, 2.45) is 0 Å². The van der Waals surface area contributed by atoms with Crippen molar-refractivity contribution in [2.75, 3.05) is 12.4 Å². The minimum Gasteiger partial charge on any atom is -0.388 e. The van der Waals surface area contributed by atoms with Gasteiger partial charge in [0.1, 0.15) is 0 Å². The zero-order chi connectivity index (χ0) is 9.26. The SMILES string of the molecule is CNc1cc2c(s1)C(O)CCCC2. The molecule has 1 aromatic heterocycles. The summed E-state index contributed by atoms with van der Waals surface area (Å²) in [6.07, 6.45) is 4.20. The van der Waals surface area contributed by atoms with Gasteiger partial charge in [-0.05, 0) is 30.9 Å². The van der Waals surface area contributed by atoms with Crippen LogP contribution in [0.1, 0.15) is 35.8 Å². The first-order chi connectivity index (χ1) is 6.31. The molecule has 0 amide bonds. The summed E-state index contributed by atoms with van der Waals surface area (Å²) in [5, 5.41) is 14.1. The fraction of sp³-hybridized carbons (Fsp3) is 0.600. The number of nitrogens with one attached hydrogen (secondary N) is 1. The molecule has 0 radical (unpaired) electrons. The number of anilines is 1. The van der Waals surface area contributed by atoms with E-state index in [-0.39, 0.29) is 6.10 Å². The summed E-state index contributed by atoms with van der Waals surface area (Å²) in [6.45, 7) is 0. The number of hydrogen-bond donors (Lipinski definition) is 2. The molecule has 2 N–H and O–H groups in total. The largest absolute Gasteiger partial charge is 0.388 e. The highest BCUT2D eigenvalue weighted by molar-refractivity contribution is 7.16. The van der Waals surface area contributed by atoms with Gasteiger partial charge in [0.15, 0.2) is 0 Å². The Hall–Kier alpha value is -0.540. The molecule has 1 aromatic rings. The topological polar surface area (TPSA) is 32.3 Å². The van der Waals surface area contributed by atoms with E-state index in [0.717, 1.165) is 19.3 Å². The summed E-state index contributed by atoms with van der Waals surface area (Å²) in [5.74, 6) is 0. The number of aliphatic hydroxyl groups excluding tert-OH is 1. The van der Waals surface area contributed by atoms with E-state index in [1.54, 1.807) is 11.3 Å². The maximum Gasteiger partial charge on any atom is 0.0886 e. The van der Waals surface area contributed by atoms with Crippen LogP contribution in [0.25, 0.3) is 0 Å². The maximum absolute atomic E-state index is 9.83.